The highest BCUT2D eigenvalue weighted by Crippen LogP contribution is 2.10. The van der Waals surface area contributed by atoms with Gasteiger partial charge < -0.3 is 9.15 Å². The number of furan rings is 1. The summed E-state index contributed by atoms with van der Waals surface area (Å²) in [5.74, 6) is 1.61. The van der Waals surface area contributed by atoms with Crippen molar-refractivity contribution in [3.63, 3.8) is 0 Å². The van der Waals surface area contributed by atoms with Gasteiger partial charge in [-0.15, -0.1) is 0 Å². The van der Waals surface area contributed by atoms with E-state index in [-0.39, 0.29) is 5.97 Å². The largest absolute Gasteiger partial charge is 0.469 e. The summed E-state index contributed by atoms with van der Waals surface area (Å²) in [4.78, 5) is 10.8. The minimum Gasteiger partial charge on any atom is -0.469 e. The van der Waals surface area contributed by atoms with Crippen LogP contribution >= 0.6 is 0 Å². The van der Waals surface area contributed by atoms with E-state index in [1.807, 2.05) is 19.1 Å². The summed E-state index contributed by atoms with van der Waals surface area (Å²) >= 11 is 0. The summed E-state index contributed by atoms with van der Waals surface area (Å²) in [6.07, 6.45) is 1.89. The second-order valence-electron chi connectivity index (χ2n) is 2.80. The molecule has 1 aromatic rings. The molecule has 0 spiro atoms. The highest BCUT2D eigenvalue weighted by atomic mass is 16.5. The van der Waals surface area contributed by atoms with Gasteiger partial charge in [-0.1, -0.05) is 6.92 Å². The van der Waals surface area contributed by atoms with E-state index in [1.165, 1.54) is 7.11 Å². The number of carbonyl (C=O) groups excluding carboxylic acids is 1. The Bertz CT molecular complexity index is 275. The van der Waals surface area contributed by atoms with Crippen molar-refractivity contribution in [1.82, 2.24) is 0 Å². The quantitative estimate of drug-likeness (QED) is 0.668. The number of carbonyl (C=O) groups is 1. The standard InChI is InChI=1S/C10H14O3/c1-3-8-4-5-9(13-8)6-7-10(11)12-2/h4-5H,3,6-7H2,1-2H3. The molecule has 0 amide bonds. The third kappa shape index (κ3) is 2.93. The average Bonchev–Trinajstić information content (AvgIpc) is 2.61. The van der Waals surface area contributed by atoms with Crippen LogP contribution < -0.4 is 0 Å². The van der Waals surface area contributed by atoms with Gasteiger partial charge in [-0.05, 0) is 12.1 Å². The minimum atomic E-state index is -0.200. The molecule has 0 saturated heterocycles. The Morgan fingerprint density at radius 3 is 2.69 bits per heavy atom. The van der Waals surface area contributed by atoms with Gasteiger partial charge in [0.15, 0.2) is 0 Å². The maximum absolute atomic E-state index is 10.8. The van der Waals surface area contributed by atoms with E-state index in [4.69, 9.17) is 4.42 Å². The molecule has 0 unspecified atom stereocenters. The fourth-order valence-corrected chi connectivity index (χ4v) is 1.07. The molecule has 0 aliphatic carbocycles. The van der Waals surface area contributed by atoms with Crippen molar-refractivity contribution in [2.24, 2.45) is 0 Å². The molecule has 0 bridgehead atoms. The predicted molar refractivity (Wildman–Crippen MR) is 48.4 cm³/mol. The van der Waals surface area contributed by atoms with Crippen molar-refractivity contribution in [1.29, 1.82) is 0 Å². The van der Waals surface area contributed by atoms with Crippen LogP contribution in [0.15, 0.2) is 16.5 Å². The van der Waals surface area contributed by atoms with Crippen molar-refractivity contribution >= 4 is 5.97 Å². The first-order valence-electron chi connectivity index (χ1n) is 4.40. The van der Waals surface area contributed by atoms with Gasteiger partial charge in [-0.25, -0.2) is 0 Å². The average molecular weight is 182 g/mol. The Hall–Kier alpha value is -1.25. The third-order valence-corrected chi connectivity index (χ3v) is 1.87. The normalized spacial score (nSPS) is 10.0. The molecule has 0 atom stereocenters. The van der Waals surface area contributed by atoms with Crippen molar-refractivity contribution < 1.29 is 13.9 Å². The Balaban J connectivity index is 2.41. The molecule has 0 fully saturated rings. The lowest BCUT2D eigenvalue weighted by Gasteiger charge is -1.96. The van der Waals surface area contributed by atoms with E-state index < -0.39 is 0 Å². The van der Waals surface area contributed by atoms with Crippen molar-refractivity contribution in [3.05, 3.63) is 23.7 Å². The van der Waals surface area contributed by atoms with E-state index in [0.717, 1.165) is 17.9 Å². The molecule has 0 aliphatic rings. The molecule has 0 aromatic carbocycles. The molecule has 1 aromatic heterocycles. The van der Waals surface area contributed by atoms with Crippen molar-refractivity contribution in [3.8, 4) is 0 Å². The van der Waals surface area contributed by atoms with Crippen LogP contribution in [0.4, 0.5) is 0 Å². The Kier molecular flexibility index (Phi) is 3.55. The first-order valence-corrected chi connectivity index (χ1v) is 4.40. The molecule has 1 heterocycles. The molecule has 3 nitrogen and oxygen atoms in total. The van der Waals surface area contributed by atoms with Crippen LogP contribution in [-0.2, 0) is 22.4 Å². The van der Waals surface area contributed by atoms with Gasteiger partial charge in [0.2, 0.25) is 0 Å². The van der Waals surface area contributed by atoms with E-state index in [0.29, 0.717) is 12.8 Å². The fraction of sp³-hybridized carbons (Fsp3) is 0.500. The van der Waals surface area contributed by atoms with Crippen LogP contribution in [0.2, 0.25) is 0 Å². The SMILES string of the molecule is CCc1ccc(CCC(=O)OC)o1. The van der Waals surface area contributed by atoms with Gasteiger partial charge in [0.25, 0.3) is 0 Å². The molecule has 3 heteroatoms. The van der Waals surface area contributed by atoms with Crippen LogP contribution in [0.25, 0.3) is 0 Å². The monoisotopic (exact) mass is 182 g/mol. The summed E-state index contributed by atoms with van der Waals surface area (Å²) in [7, 11) is 1.39. The maximum atomic E-state index is 10.8. The molecular formula is C10H14O3. The highest BCUT2D eigenvalue weighted by Gasteiger charge is 2.04. The molecule has 0 aliphatic heterocycles. The van der Waals surface area contributed by atoms with Crippen LogP contribution in [0, 0.1) is 0 Å². The van der Waals surface area contributed by atoms with Gasteiger partial charge in [0.05, 0.1) is 13.5 Å². The third-order valence-electron chi connectivity index (χ3n) is 1.87. The first kappa shape index (κ1) is 9.84. The Morgan fingerprint density at radius 1 is 1.46 bits per heavy atom. The summed E-state index contributed by atoms with van der Waals surface area (Å²) in [6, 6.07) is 3.84. The Morgan fingerprint density at radius 2 is 2.15 bits per heavy atom. The second kappa shape index (κ2) is 4.70. The number of aryl methyl sites for hydroxylation is 2. The lowest BCUT2D eigenvalue weighted by atomic mass is 10.2. The smallest absolute Gasteiger partial charge is 0.305 e. The number of methoxy groups -OCH3 is 1. The summed E-state index contributed by atoms with van der Waals surface area (Å²) in [5.41, 5.74) is 0. The maximum Gasteiger partial charge on any atom is 0.305 e. The van der Waals surface area contributed by atoms with Crippen molar-refractivity contribution in [2.45, 2.75) is 26.2 Å². The highest BCUT2D eigenvalue weighted by molar-refractivity contribution is 5.69. The number of hydrogen-bond acceptors (Lipinski definition) is 3. The number of rotatable bonds is 4. The van der Waals surface area contributed by atoms with E-state index in [9.17, 15) is 4.79 Å². The Labute approximate surface area is 77.7 Å². The van der Waals surface area contributed by atoms with Gasteiger partial charge in [0, 0.05) is 12.8 Å². The molecule has 0 radical (unpaired) electrons. The lowest BCUT2D eigenvalue weighted by Crippen LogP contribution is -2.01. The van der Waals surface area contributed by atoms with Crippen LogP contribution in [0.5, 0.6) is 0 Å². The van der Waals surface area contributed by atoms with Gasteiger partial charge in [-0.3, -0.25) is 4.79 Å². The predicted octanol–water partition coefficient (Wildman–Crippen LogP) is 1.95. The number of hydrogen-bond donors (Lipinski definition) is 0. The molecular weight excluding hydrogens is 168 g/mol. The molecule has 72 valence electrons. The molecule has 1 rings (SSSR count). The molecule has 13 heavy (non-hydrogen) atoms. The number of esters is 1. The molecule has 0 N–H and O–H groups in total. The van der Waals surface area contributed by atoms with Gasteiger partial charge >= 0.3 is 5.97 Å². The zero-order valence-electron chi connectivity index (χ0n) is 8.00. The lowest BCUT2D eigenvalue weighted by molar-refractivity contribution is -0.140. The van der Waals surface area contributed by atoms with Gasteiger partial charge in [0.1, 0.15) is 11.5 Å². The minimum absolute atomic E-state index is 0.200. The van der Waals surface area contributed by atoms with Crippen molar-refractivity contribution in [2.75, 3.05) is 7.11 Å². The number of ether oxygens (including phenoxy) is 1. The topological polar surface area (TPSA) is 39.4 Å². The van der Waals surface area contributed by atoms with Gasteiger partial charge in [-0.2, -0.15) is 0 Å². The molecule has 0 saturated carbocycles. The van der Waals surface area contributed by atoms with Crippen LogP contribution in [0.3, 0.4) is 0 Å². The van der Waals surface area contributed by atoms with Crippen LogP contribution in [0.1, 0.15) is 24.9 Å². The van der Waals surface area contributed by atoms with E-state index in [1.54, 1.807) is 0 Å². The fourth-order valence-electron chi connectivity index (χ4n) is 1.07. The van der Waals surface area contributed by atoms with Crippen LogP contribution in [-0.4, -0.2) is 13.1 Å². The summed E-state index contributed by atoms with van der Waals surface area (Å²) in [5, 5.41) is 0. The van der Waals surface area contributed by atoms with E-state index >= 15 is 0 Å². The second-order valence-corrected chi connectivity index (χ2v) is 2.80. The summed E-state index contributed by atoms with van der Waals surface area (Å²) < 4.78 is 9.94. The first-order chi connectivity index (χ1) is 6.26. The van der Waals surface area contributed by atoms with E-state index in [2.05, 4.69) is 4.74 Å². The zero-order chi connectivity index (χ0) is 9.68. The summed E-state index contributed by atoms with van der Waals surface area (Å²) in [6.45, 7) is 2.03. The zero-order valence-corrected chi connectivity index (χ0v) is 8.00.